The van der Waals surface area contributed by atoms with Crippen molar-refractivity contribution >= 4 is 27.4 Å². The second kappa shape index (κ2) is 6.50. The van der Waals surface area contributed by atoms with Crippen molar-refractivity contribution in [3.8, 4) is 0 Å². The van der Waals surface area contributed by atoms with Crippen LogP contribution in [0.15, 0.2) is 65.3 Å². The van der Waals surface area contributed by atoms with Crippen LogP contribution in [0.5, 0.6) is 0 Å². The Bertz CT molecular complexity index is 1090. The summed E-state index contributed by atoms with van der Waals surface area (Å²) in [6.45, 7) is 0. The zero-order chi connectivity index (χ0) is 18.1. The molecule has 0 atom stereocenters. The van der Waals surface area contributed by atoms with Gasteiger partial charge in [-0.25, -0.2) is 8.42 Å². The number of rotatable bonds is 3. The third-order valence-corrected chi connectivity index (χ3v) is 5.07. The summed E-state index contributed by atoms with van der Waals surface area (Å²) in [5, 5.41) is 0. The average Bonchev–Trinajstić information content (AvgIpc) is 3.00. The van der Waals surface area contributed by atoms with Gasteiger partial charge in [-0.2, -0.15) is 0 Å². The Morgan fingerprint density at radius 2 is 1.85 bits per heavy atom. The number of hydrogen-bond acceptors (Lipinski definition) is 3. The normalized spacial score (nSPS) is 15.2. The fourth-order valence-corrected chi connectivity index (χ4v) is 3.95. The van der Waals surface area contributed by atoms with E-state index in [4.69, 9.17) is 4.42 Å². The first-order valence-corrected chi connectivity index (χ1v) is 10.3. The van der Waals surface area contributed by atoms with E-state index < -0.39 is 10.0 Å². The lowest BCUT2D eigenvalue weighted by Gasteiger charge is -2.10. The number of furan rings is 1. The van der Waals surface area contributed by atoms with Crippen LogP contribution in [0.25, 0.3) is 11.6 Å². The number of anilines is 1. The highest BCUT2D eigenvalue weighted by atomic mass is 32.2. The van der Waals surface area contributed by atoms with Crippen LogP contribution in [0, 0.1) is 0 Å². The van der Waals surface area contributed by atoms with Crippen LogP contribution in [0.2, 0.25) is 0 Å². The first-order chi connectivity index (χ1) is 12.5. The van der Waals surface area contributed by atoms with Gasteiger partial charge < -0.3 is 4.42 Å². The smallest absolute Gasteiger partial charge is 0.229 e. The molecule has 132 valence electrons. The monoisotopic (exact) mass is 365 g/mol. The van der Waals surface area contributed by atoms with Gasteiger partial charge in [-0.05, 0) is 53.0 Å². The molecule has 2 aromatic carbocycles. The molecular formula is C21H19NO3S. The predicted molar refractivity (Wildman–Crippen MR) is 104 cm³/mol. The van der Waals surface area contributed by atoms with Crippen molar-refractivity contribution in [1.82, 2.24) is 0 Å². The third-order valence-electron chi connectivity index (χ3n) is 4.47. The molecule has 0 bridgehead atoms. The van der Waals surface area contributed by atoms with Crippen molar-refractivity contribution in [2.75, 3.05) is 11.0 Å². The van der Waals surface area contributed by atoms with Crippen LogP contribution in [-0.4, -0.2) is 14.7 Å². The quantitative estimate of drug-likeness (QED) is 0.751. The summed E-state index contributed by atoms with van der Waals surface area (Å²) >= 11 is 0. The number of nitrogens with one attached hydrogen (secondary N) is 1. The van der Waals surface area contributed by atoms with E-state index in [2.05, 4.69) is 29.0 Å². The molecule has 1 aliphatic carbocycles. The van der Waals surface area contributed by atoms with Crippen LogP contribution in [0.4, 0.5) is 5.69 Å². The SMILES string of the molecule is CS(=O)(=O)Nc1cccc(/C=C2\c3ccccc3CCc3occc32)c1. The Balaban J connectivity index is 1.84. The average molecular weight is 365 g/mol. The molecule has 0 spiro atoms. The molecule has 1 aromatic heterocycles. The van der Waals surface area contributed by atoms with E-state index in [0.717, 1.165) is 41.6 Å². The maximum absolute atomic E-state index is 11.5. The van der Waals surface area contributed by atoms with Crippen molar-refractivity contribution in [2.24, 2.45) is 0 Å². The van der Waals surface area contributed by atoms with E-state index in [1.807, 2.05) is 30.3 Å². The minimum absolute atomic E-state index is 0.552. The van der Waals surface area contributed by atoms with E-state index in [1.54, 1.807) is 12.3 Å². The Morgan fingerprint density at radius 3 is 2.69 bits per heavy atom. The first-order valence-electron chi connectivity index (χ1n) is 8.44. The van der Waals surface area contributed by atoms with E-state index >= 15 is 0 Å². The van der Waals surface area contributed by atoms with Crippen molar-refractivity contribution in [1.29, 1.82) is 0 Å². The van der Waals surface area contributed by atoms with E-state index in [1.165, 1.54) is 11.1 Å². The minimum atomic E-state index is -3.31. The van der Waals surface area contributed by atoms with Gasteiger partial charge in [-0.15, -0.1) is 0 Å². The second-order valence-corrected chi connectivity index (χ2v) is 8.22. The summed E-state index contributed by atoms with van der Waals surface area (Å²) in [6, 6.07) is 17.8. The van der Waals surface area contributed by atoms with Crippen molar-refractivity contribution in [2.45, 2.75) is 12.8 Å². The molecule has 3 aromatic rings. The van der Waals surface area contributed by atoms with Gasteiger partial charge in [0.25, 0.3) is 0 Å². The summed E-state index contributed by atoms with van der Waals surface area (Å²) in [7, 11) is -3.31. The van der Waals surface area contributed by atoms with Crippen molar-refractivity contribution < 1.29 is 12.8 Å². The lowest BCUT2D eigenvalue weighted by Crippen LogP contribution is -2.09. The van der Waals surface area contributed by atoms with E-state index in [0.29, 0.717) is 5.69 Å². The topological polar surface area (TPSA) is 59.3 Å². The van der Waals surface area contributed by atoms with E-state index in [-0.39, 0.29) is 0 Å². The summed E-state index contributed by atoms with van der Waals surface area (Å²) in [5.74, 6) is 0.984. The number of aryl methyl sites for hydroxylation is 2. The highest BCUT2D eigenvalue weighted by molar-refractivity contribution is 7.92. The summed E-state index contributed by atoms with van der Waals surface area (Å²) in [5.41, 5.74) is 6.15. The maximum atomic E-state index is 11.5. The van der Waals surface area contributed by atoms with Crippen LogP contribution < -0.4 is 4.72 Å². The molecule has 0 saturated carbocycles. The molecule has 1 heterocycles. The van der Waals surface area contributed by atoms with Crippen LogP contribution in [-0.2, 0) is 22.9 Å². The molecule has 4 nitrogen and oxygen atoms in total. The van der Waals surface area contributed by atoms with Gasteiger partial charge >= 0.3 is 0 Å². The Labute approximate surface area is 153 Å². The second-order valence-electron chi connectivity index (χ2n) is 6.47. The number of benzene rings is 2. The summed E-state index contributed by atoms with van der Waals surface area (Å²) in [4.78, 5) is 0. The first kappa shape index (κ1) is 16.7. The Kier molecular flexibility index (Phi) is 4.17. The molecule has 1 aliphatic rings. The van der Waals surface area contributed by atoms with E-state index in [9.17, 15) is 8.42 Å². The fourth-order valence-electron chi connectivity index (χ4n) is 3.40. The van der Waals surface area contributed by atoms with Gasteiger partial charge in [0.05, 0.1) is 12.5 Å². The molecular weight excluding hydrogens is 346 g/mol. The van der Waals surface area contributed by atoms with Gasteiger partial charge in [0.1, 0.15) is 5.76 Å². The lowest BCUT2D eigenvalue weighted by atomic mass is 9.94. The number of sulfonamides is 1. The molecule has 26 heavy (non-hydrogen) atoms. The van der Waals surface area contributed by atoms with Gasteiger partial charge in [-0.1, -0.05) is 36.4 Å². The third kappa shape index (κ3) is 3.44. The Hall–Kier alpha value is -2.79. The fraction of sp³-hybridized carbons (Fsp3) is 0.143. The molecule has 5 heteroatoms. The maximum Gasteiger partial charge on any atom is 0.229 e. The lowest BCUT2D eigenvalue weighted by molar-refractivity contribution is 0.508. The molecule has 0 saturated heterocycles. The summed E-state index contributed by atoms with van der Waals surface area (Å²) in [6.07, 6.45) is 6.77. The van der Waals surface area contributed by atoms with Crippen LogP contribution in [0.3, 0.4) is 0 Å². The minimum Gasteiger partial charge on any atom is -0.469 e. The molecule has 0 aliphatic heterocycles. The van der Waals surface area contributed by atoms with Crippen LogP contribution >= 0.6 is 0 Å². The van der Waals surface area contributed by atoms with Crippen molar-refractivity contribution in [3.63, 3.8) is 0 Å². The predicted octanol–water partition coefficient (Wildman–Crippen LogP) is 4.34. The summed E-state index contributed by atoms with van der Waals surface area (Å²) < 4.78 is 31.2. The van der Waals surface area contributed by atoms with Gasteiger partial charge in [-0.3, -0.25) is 4.72 Å². The van der Waals surface area contributed by atoms with Gasteiger partial charge in [0.15, 0.2) is 0 Å². The molecule has 0 unspecified atom stereocenters. The largest absolute Gasteiger partial charge is 0.469 e. The van der Waals surface area contributed by atoms with Gasteiger partial charge in [0.2, 0.25) is 10.0 Å². The van der Waals surface area contributed by atoms with Crippen LogP contribution in [0.1, 0.15) is 28.0 Å². The molecule has 4 rings (SSSR count). The zero-order valence-corrected chi connectivity index (χ0v) is 15.2. The molecule has 0 fully saturated rings. The van der Waals surface area contributed by atoms with Gasteiger partial charge in [0, 0.05) is 17.7 Å². The Morgan fingerprint density at radius 1 is 1.00 bits per heavy atom. The molecule has 1 N–H and O–H groups in total. The number of hydrogen-bond donors (Lipinski definition) is 1. The highest BCUT2D eigenvalue weighted by Gasteiger charge is 2.20. The standard InChI is InChI=1S/C21H19NO3S/c1-26(23,24)22-17-7-4-5-15(13-17)14-20-18-8-3-2-6-16(18)9-10-21-19(20)11-12-25-21/h2-8,11-14,22H,9-10H2,1H3/b20-14+. The highest BCUT2D eigenvalue weighted by Crippen LogP contribution is 2.35. The molecule has 0 radical (unpaired) electrons. The number of fused-ring (bicyclic) bond motifs is 2. The van der Waals surface area contributed by atoms with Crippen molar-refractivity contribution in [3.05, 3.63) is 88.9 Å². The molecule has 0 amide bonds. The zero-order valence-electron chi connectivity index (χ0n) is 14.4.